The van der Waals surface area contributed by atoms with Gasteiger partial charge < -0.3 is 10.1 Å². The summed E-state index contributed by atoms with van der Waals surface area (Å²) in [6, 6.07) is 5.10. The molecule has 16 heavy (non-hydrogen) atoms. The molecule has 1 aromatic rings. The van der Waals surface area contributed by atoms with Crippen LogP contribution in [0.15, 0.2) is 18.2 Å². The molecule has 0 fully saturated rings. The molecular formula is C12H13NO3. The Hall–Kier alpha value is -1.84. The molecule has 1 heterocycles. The van der Waals surface area contributed by atoms with Gasteiger partial charge in [-0.2, -0.15) is 0 Å². The normalized spacial score (nSPS) is 13.6. The molecule has 1 amide bonds. The fraction of sp³-hybridized carbons (Fsp3) is 0.333. The summed E-state index contributed by atoms with van der Waals surface area (Å²) in [4.78, 5) is 22.7. The van der Waals surface area contributed by atoms with Crippen LogP contribution in [0.1, 0.15) is 29.8 Å². The fourth-order valence-electron chi connectivity index (χ4n) is 1.64. The van der Waals surface area contributed by atoms with Crippen molar-refractivity contribution in [1.29, 1.82) is 0 Å². The van der Waals surface area contributed by atoms with Crippen molar-refractivity contribution in [2.75, 3.05) is 5.32 Å². The van der Waals surface area contributed by atoms with E-state index in [0.717, 1.165) is 11.3 Å². The lowest BCUT2D eigenvalue weighted by molar-refractivity contribution is -0.115. The predicted molar refractivity (Wildman–Crippen MR) is 59.3 cm³/mol. The number of carbonyl (C=O) groups is 2. The van der Waals surface area contributed by atoms with Crippen molar-refractivity contribution in [3.05, 3.63) is 29.3 Å². The molecule has 1 aromatic carbocycles. The Bertz CT molecular complexity index is 452. The fourth-order valence-corrected chi connectivity index (χ4v) is 1.64. The van der Waals surface area contributed by atoms with Crippen molar-refractivity contribution in [3.8, 4) is 0 Å². The first kappa shape index (κ1) is 10.7. The molecule has 0 atom stereocenters. The van der Waals surface area contributed by atoms with E-state index in [4.69, 9.17) is 4.74 Å². The quantitative estimate of drug-likeness (QED) is 0.771. The van der Waals surface area contributed by atoms with Crippen LogP contribution in [0, 0.1) is 0 Å². The summed E-state index contributed by atoms with van der Waals surface area (Å²) in [6.07, 6.45) is 0.193. The molecule has 1 N–H and O–H groups in total. The van der Waals surface area contributed by atoms with Gasteiger partial charge in [-0.25, -0.2) is 4.79 Å². The number of fused-ring (bicyclic) bond motifs is 1. The second-order valence-corrected chi connectivity index (χ2v) is 4.05. The minimum Gasteiger partial charge on any atom is -0.459 e. The number of anilines is 1. The van der Waals surface area contributed by atoms with E-state index in [1.165, 1.54) is 0 Å². The monoisotopic (exact) mass is 219 g/mol. The van der Waals surface area contributed by atoms with Crippen LogP contribution in [0.25, 0.3) is 0 Å². The maximum atomic E-state index is 11.6. The van der Waals surface area contributed by atoms with Crippen LogP contribution < -0.4 is 5.32 Å². The number of hydrogen-bond donors (Lipinski definition) is 1. The first-order chi connectivity index (χ1) is 7.56. The van der Waals surface area contributed by atoms with Gasteiger partial charge in [-0.15, -0.1) is 0 Å². The third-order valence-corrected chi connectivity index (χ3v) is 2.31. The van der Waals surface area contributed by atoms with Crippen molar-refractivity contribution in [1.82, 2.24) is 0 Å². The zero-order valence-electron chi connectivity index (χ0n) is 9.24. The van der Waals surface area contributed by atoms with Crippen LogP contribution >= 0.6 is 0 Å². The second-order valence-electron chi connectivity index (χ2n) is 4.05. The number of carbonyl (C=O) groups excluding carboxylic acids is 2. The smallest absolute Gasteiger partial charge is 0.338 e. The Kier molecular flexibility index (Phi) is 2.64. The lowest BCUT2D eigenvalue weighted by Crippen LogP contribution is -2.11. The number of hydrogen-bond acceptors (Lipinski definition) is 3. The van der Waals surface area contributed by atoms with Gasteiger partial charge in [-0.1, -0.05) is 0 Å². The lowest BCUT2D eigenvalue weighted by Gasteiger charge is -2.08. The van der Waals surface area contributed by atoms with Crippen LogP contribution in [-0.2, 0) is 16.0 Å². The number of amides is 1. The average Bonchev–Trinajstić information content (AvgIpc) is 2.55. The Morgan fingerprint density at radius 1 is 1.44 bits per heavy atom. The molecule has 0 saturated carbocycles. The third-order valence-electron chi connectivity index (χ3n) is 2.31. The van der Waals surface area contributed by atoms with Gasteiger partial charge >= 0.3 is 5.97 Å². The zero-order chi connectivity index (χ0) is 11.7. The van der Waals surface area contributed by atoms with Gasteiger partial charge in [0, 0.05) is 5.69 Å². The highest BCUT2D eigenvalue weighted by atomic mass is 16.5. The van der Waals surface area contributed by atoms with Crippen molar-refractivity contribution < 1.29 is 14.3 Å². The first-order valence-electron chi connectivity index (χ1n) is 5.20. The maximum absolute atomic E-state index is 11.6. The molecule has 4 nitrogen and oxygen atoms in total. The van der Waals surface area contributed by atoms with Crippen LogP contribution in [0.2, 0.25) is 0 Å². The zero-order valence-corrected chi connectivity index (χ0v) is 9.24. The van der Waals surface area contributed by atoms with E-state index in [0.29, 0.717) is 12.0 Å². The molecule has 1 aliphatic heterocycles. The van der Waals surface area contributed by atoms with E-state index in [2.05, 4.69) is 5.32 Å². The molecule has 0 aliphatic carbocycles. The van der Waals surface area contributed by atoms with Crippen molar-refractivity contribution in [3.63, 3.8) is 0 Å². The van der Waals surface area contributed by atoms with Gasteiger partial charge in [0.25, 0.3) is 0 Å². The lowest BCUT2D eigenvalue weighted by atomic mass is 10.1. The van der Waals surface area contributed by atoms with Gasteiger partial charge in [0.1, 0.15) is 0 Å². The number of benzene rings is 1. The van der Waals surface area contributed by atoms with Crippen LogP contribution in [0.5, 0.6) is 0 Å². The van der Waals surface area contributed by atoms with Gasteiger partial charge in [0.15, 0.2) is 0 Å². The van der Waals surface area contributed by atoms with Gasteiger partial charge in [0.2, 0.25) is 5.91 Å². The Labute approximate surface area is 93.6 Å². The van der Waals surface area contributed by atoms with E-state index in [1.54, 1.807) is 32.0 Å². The van der Waals surface area contributed by atoms with Gasteiger partial charge in [-0.3, -0.25) is 4.79 Å². The Balaban J connectivity index is 2.22. The van der Waals surface area contributed by atoms with Gasteiger partial charge in [0.05, 0.1) is 18.1 Å². The molecule has 0 bridgehead atoms. The summed E-state index contributed by atoms with van der Waals surface area (Å²) in [6.45, 7) is 3.60. The topological polar surface area (TPSA) is 55.4 Å². The van der Waals surface area contributed by atoms with E-state index in [-0.39, 0.29) is 18.0 Å². The summed E-state index contributed by atoms with van der Waals surface area (Å²) >= 11 is 0. The van der Waals surface area contributed by atoms with E-state index in [9.17, 15) is 9.59 Å². The molecule has 0 spiro atoms. The van der Waals surface area contributed by atoms with Crippen molar-refractivity contribution in [2.45, 2.75) is 26.4 Å². The summed E-state index contributed by atoms with van der Waals surface area (Å²) in [7, 11) is 0. The number of esters is 1. The highest BCUT2D eigenvalue weighted by Crippen LogP contribution is 2.24. The van der Waals surface area contributed by atoms with Crippen LogP contribution in [-0.4, -0.2) is 18.0 Å². The number of nitrogens with one attached hydrogen (secondary N) is 1. The highest BCUT2D eigenvalue weighted by molar-refractivity contribution is 6.00. The summed E-state index contributed by atoms with van der Waals surface area (Å²) < 4.78 is 5.08. The van der Waals surface area contributed by atoms with E-state index in [1.807, 2.05) is 0 Å². The molecule has 2 rings (SSSR count). The Morgan fingerprint density at radius 3 is 2.88 bits per heavy atom. The van der Waals surface area contributed by atoms with E-state index < -0.39 is 0 Å². The maximum Gasteiger partial charge on any atom is 0.338 e. The third kappa shape index (κ3) is 2.05. The van der Waals surface area contributed by atoms with Crippen LogP contribution in [0.3, 0.4) is 0 Å². The largest absolute Gasteiger partial charge is 0.459 e. The number of rotatable bonds is 2. The van der Waals surface area contributed by atoms with Crippen molar-refractivity contribution in [2.24, 2.45) is 0 Å². The molecule has 0 unspecified atom stereocenters. The minimum atomic E-state index is -0.350. The summed E-state index contributed by atoms with van der Waals surface area (Å²) in [5.74, 6) is -0.387. The highest BCUT2D eigenvalue weighted by Gasteiger charge is 2.19. The van der Waals surface area contributed by atoms with Gasteiger partial charge in [-0.05, 0) is 37.6 Å². The van der Waals surface area contributed by atoms with Crippen molar-refractivity contribution >= 4 is 17.6 Å². The number of ether oxygens (including phenoxy) is 1. The minimum absolute atomic E-state index is 0.0376. The summed E-state index contributed by atoms with van der Waals surface area (Å²) in [5.41, 5.74) is 2.12. The standard InChI is InChI=1S/C12H13NO3/c1-7(2)16-12(15)8-3-4-10-9(5-8)6-11(14)13-10/h3-5,7H,6H2,1-2H3,(H,13,14). The molecule has 0 radical (unpaired) electrons. The predicted octanol–water partition coefficient (Wildman–Crippen LogP) is 1.75. The molecule has 84 valence electrons. The molecule has 1 aliphatic rings. The first-order valence-corrected chi connectivity index (χ1v) is 5.20. The molecule has 0 saturated heterocycles. The average molecular weight is 219 g/mol. The van der Waals surface area contributed by atoms with E-state index >= 15 is 0 Å². The SMILES string of the molecule is CC(C)OC(=O)c1ccc2c(c1)CC(=O)N2. The Morgan fingerprint density at radius 2 is 2.19 bits per heavy atom. The molecular weight excluding hydrogens is 206 g/mol. The van der Waals surface area contributed by atoms with Crippen LogP contribution in [0.4, 0.5) is 5.69 Å². The second kappa shape index (κ2) is 3.96. The summed E-state index contributed by atoms with van der Waals surface area (Å²) in [5, 5.41) is 2.71. The molecule has 4 heteroatoms. The molecule has 0 aromatic heterocycles.